The van der Waals surface area contributed by atoms with Crippen LogP contribution in [-0.4, -0.2) is 24.7 Å². The number of ether oxygens (including phenoxy) is 1. The van der Waals surface area contributed by atoms with Gasteiger partial charge in [-0.25, -0.2) is 0 Å². The van der Waals surface area contributed by atoms with E-state index in [1.54, 1.807) is 18.4 Å². The lowest BCUT2D eigenvalue weighted by molar-refractivity contribution is -0.113. The fourth-order valence-electron chi connectivity index (χ4n) is 2.58. The molecule has 2 rings (SSSR count). The van der Waals surface area contributed by atoms with Gasteiger partial charge in [0.15, 0.2) is 5.78 Å². The SMILES string of the molecule is CCOCCSC1=C(C#N)C(c2ccco2)C(C(C)=O)=C(C)N1. The number of allylic oxidation sites excluding steroid dienone is 3. The van der Waals surface area contributed by atoms with Crippen LogP contribution in [0.25, 0.3) is 0 Å². The first-order valence-electron chi connectivity index (χ1n) is 7.47. The van der Waals surface area contributed by atoms with Gasteiger partial charge in [0.25, 0.3) is 0 Å². The quantitative estimate of drug-likeness (QED) is 0.772. The molecular weight excluding hydrogens is 312 g/mol. The van der Waals surface area contributed by atoms with Crippen molar-refractivity contribution in [2.75, 3.05) is 19.0 Å². The van der Waals surface area contributed by atoms with Crippen LogP contribution in [0.3, 0.4) is 0 Å². The summed E-state index contributed by atoms with van der Waals surface area (Å²) in [6.45, 7) is 6.59. The summed E-state index contributed by atoms with van der Waals surface area (Å²) < 4.78 is 10.8. The van der Waals surface area contributed by atoms with Crippen molar-refractivity contribution in [3.05, 3.63) is 46.0 Å². The molecule has 1 aliphatic rings. The van der Waals surface area contributed by atoms with Crippen LogP contribution < -0.4 is 5.32 Å². The molecule has 0 amide bonds. The minimum absolute atomic E-state index is 0.0671. The number of furan rings is 1. The van der Waals surface area contributed by atoms with Crippen LogP contribution in [0.15, 0.2) is 44.7 Å². The number of hydrogen-bond acceptors (Lipinski definition) is 6. The van der Waals surface area contributed by atoms with Gasteiger partial charge in [0.1, 0.15) is 5.76 Å². The van der Waals surface area contributed by atoms with Crippen molar-refractivity contribution < 1.29 is 13.9 Å². The van der Waals surface area contributed by atoms with Crippen molar-refractivity contribution >= 4 is 17.5 Å². The van der Waals surface area contributed by atoms with Crippen molar-refractivity contribution in [2.45, 2.75) is 26.7 Å². The molecule has 1 unspecified atom stereocenters. The number of rotatable bonds is 7. The Balaban J connectivity index is 2.37. The van der Waals surface area contributed by atoms with E-state index >= 15 is 0 Å². The van der Waals surface area contributed by atoms with E-state index in [1.165, 1.54) is 18.7 Å². The number of nitrogens with zero attached hydrogens (tertiary/aromatic N) is 1. The number of carbonyl (C=O) groups is 1. The minimum Gasteiger partial charge on any atom is -0.468 e. The number of dihydropyridines is 1. The second-order valence-corrected chi connectivity index (χ2v) is 6.17. The standard InChI is InChI=1S/C17H20N2O3S/c1-4-21-8-9-23-17-13(10-18)16(14-6-5-7-22-14)15(12(3)20)11(2)19-17/h5-7,16,19H,4,8-9H2,1-3H3. The van der Waals surface area contributed by atoms with Gasteiger partial charge in [0.2, 0.25) is 0 Å². The Morgan fingerprint density at radius 1 is 1.57 bits per heavy atom. The Hall–Kier alpha value is -1.97. The molecule has 1 aromatic heterocycles. The molecule has 0 saturated heterocycles. The van der Waals surface area contributed by atoms with Crippen LogP contribution in [0.4, 0.5) is 0 Å². The van der Waals surface area contributed by atoms with Crippen molar-refractivity contribution in [2.24, 2.45) is 0 Å². The second-order valence-electron chi connectivity index (χ2n) is 5.07. The summed E-state index contributed by atoms with van der Waals surface area (Å²) in [6.07, 6.45) is 1.56. The van der Waals surface area contributed by atoms with Crippen molar-refractivity contribution in [3.63, 3.8) is 0 Å². The third kappa shape index (κ3) is 3.87. The summed E-state index contributed by atoms with van der Waals surface area (Å²) in [4.78, 5) is 12.1. The van der Waals surface area contributed by atoms with Crippen LogP contribution >= 0.6 is 11.8 Å². The molecule has 1 aromatic rings. The number of hydrogen-bond donors (Lipinski definition) is 1. The molecule has 6 heteroatoms. The van der Waals surface area contributed by atoms with Gasteiger partial charge in [-0.15, -0.1) is 11.8 Å². The van der Waals surface area contributed by atoms with Crippen LogP contribution in [0, 0.1) is 11.3 Å². The monoisotopic (exact) mass is 332 g/mol. The number of nitrogens with one attached hydrogen (secondary N) is 1. The van der Waals surface area contributed by atoms with E-state index in [0.717, 1.165) is 16.5 Å². The molecule has 5 nitrogen and oxygen atoms in total. The predicted octanol–water partition coefficient (Wildman–Crippen LogP) is 3.33. The predicted molar refractivity (Wildman–Crippen MR) is 89.6 cm³/mol. The Labute approximate surface area is 140 Å². The van der Waals surface area contributed by atoms with Crippen LogP contribution in [0.2, 0.25) is 0 Å². The van der Waals surface area contributed by atoms with Gasteiger partial charge in [0, 0.05) is 23.6 Å². The summed E-state index contributed by atoms with van der Waals surface area (Å²) in [5, 5.41) is 13.6. The van der Waals surface area contributed by atoms with Crippen LogP contribution in [0.1, 0.15) is 32.4 Å². The van der Waals surface area contributed by atoms with Gasteiger partial charge in [-0.1, -0.05) is 0 Å². The largest absolute Gasteiger partial charge is 0.468 e. The zero-order chi connectivity index (χ0) is 16.8. The van der Waals surface area contributed by atoms with Crippen molar-refractivity contribution in [1.82, 2.24) is 5.32 Å². The maximum absolute atomic E-state index is 12.1. The lowest BCUT2D eigenvalue weighted by Crippen LogP contribution is -2.27. The normalized spacial score (nSPS) is 17.9. The molecule has 0 spiro atoms. The highest BCUT2D eigenvalue weighted by Gasteiger charge is 2.34. The summed E-state index contributed by atoms with van der Waals surface area (Å²) in [7, 11) is 0. The average Bonchev–Trinajstić information content (AvgIpc) is 3.04. The maximum atomic E-state index is 12.1. The third-order valence-electron chi connectivity index (χ3n) is 3.53. The maximum Gasteiger partial charge on any atom is 0.158 e. The first kappa shape index (κ1) is 17.4. The Morgan fingerprint density at radius 3 is 2.91 bits per heavy atom. The van der Waals surface area contributed by atoms with Crippen molar-refractivity contribution in [1.29, 1.82) is 5.26 Å². The Kier molecular flexibility index (Phi) is 6.08. The molecule has 1 N–H and O–H groups in total. The van der Waals surface area contributed by atoms with Gasteiger partial charge >= 0.3 is 0 Å². The topological polar surface area (TPSA) is 75.3 Å². The molecule has 0 radical (unpaired) electrons. The van der Waals surface area contributed by atoms with E-state index in [1.807, 2.05) is 13.8 Å². The van der Waals surface area contributed by atoms with Crippen LogP contribution in [0.5, 0.6) is 0 Å². The molecule has 1 atom stereocenters. The number of thioether (sulfide) groups is 1. The fourth-order valence-corrected chi connectivity index (χ4v) is 3.53. The molecule has 0 bridgehead atoms. The zero-order valence-corrected chi connectivity index (χ0v) is 14.3. The summed E-state index contributed by atoms with van der Waals surface area (Å²) in [6, 6.07) is 5.81. The summed E-state index contributed by atoms with van der Waals surface area (Å²) in [5.41, 5.74) is 1.85. The first-order chi connectivity index (χ1) is 11.1. The average molecular weight is 332 g/mol. The second kappa shape index (κ2) is 8.04. The number of ketones is 1. The highest BCUT2D eigenvalue weighted by molar-refractivity contribution is 8.03. The number of nitriles is 1. The minimum atomic E-state index is -0.455. The highest BCUT2D eigenvalue weighted by atomic mass is 32.2. The van der Waals surface area contributed by atoms with E-state index in [-0.39, 0.29) is 5.78 Å². The molecule has 0 aliphatic carbocycles. The molecule has 23 heavy (non-hydrogen) atoms. The van der Waals surface area contributed by atoms with Gasteiger partial charge in [-0.05, 0) is 32.9 Å². The smallest absolute Gasteiger partial charge is 0.158 e. The summed E-state index contributed by atoms with van der Waals surface area (Å²) >= 11 is 1.52. The van der Waals surface area contributed by atoms with E-state index < -0.39 is 5.92 Å². The first-order valence-corrected chi connectivity index (χ1v) is 8.45. The van der Waals surface area contributed by atoms with Gasteiger partial charge in [-0.3, -0.25) is 4.79 Å². The summed E-state index contributed by atoms with van der Waals surface area (Å²) in [5.74, 6) is 0.816. The zero-order valence-electron chi connectivity index (χ0n) is 13.5. The lowest BCUT2D eigenvalue weighted by atomic mass is 9.84. The molecule has 122 valence electrons. The third-order valence-corrected chi connectivity index (χ3v) is 4.51. The molecule has 0 aromatic carbocycles. The van der Waals surface area contributed by atoms with Crippen molar-refractivity contribution in [3.8, 4) is 6.07 Å². The van der Waals surface area contributed by atoms with E-state index in [0.29, 0.717) is 30.1 Å². The molecule has 2 heterocycles. The number of carbonyl (C=O) groups excluding carboxylic acids is 1. The Bertz CT molecular complexity index is 669. The molecule has 0 fully saturated rings. The highest BCUT2D eigenvalue weighted by Crippen LogP contribution is 2.40. The van der Waals surface area contributed by atoms with Gasteiger partial charge in [0.05, 0.1) is 35.5 Å². The van der Waals surface area contributed by atoms with Crippen LogP contribution in [-0.2, 0) is 9.53 Å². The fraction of sp³-hybridized carbons (Fsp3) is 0.412. The lowest BCUT2D eigenvalue weighted by Gasteiger charge is -2.27. The number of Topliss-reactive ketones (excluding diaryl/α,β-unsaturated/α-hetero) is 1. The molecular formula is C17H20N2O3S. The van der Waals surface area contributed by atoms with E-state index in [9.17, 15) is 10.1 Å². The van der Waals surface area contributed by atoms with E-state index in [4.69, 9.17) is 9.15 Å². The molecule has 1 aliphatic heterocycles. The molecule has 0 saturated carbocycles. The Morgan fingerprint density at radius 2 is 2.35 bits per heavy atom. The van der Waals surface area contributed by atoms with Gasteiger partial charge in [-0.2, -0.15) is 5.26 Å². The van der Waals surface area contributed by atoms with E-state index in [2.05, 4.69) is 11.4 Å². The van der Waals surface area contributed by atoms with Gasteiger partial charge < -0.3 is 14.5 Å².